The lowest BCUT2D eigenvalue weighted by Crippen LogP contribution is -2.38. The van der Waals surface area contributed by atoms with Gasteiger partial charge in [0, 0.05) is 25.7 Å². The van der Waals surface area contributed by atoms with Crippen molar-refractivity contribution in [3.63, 3.8) is 0 Å². The maximum atomic E-state index is 12.4. The quantitative estimate of drug-likeness (QED) is 0.757. The van der Waals surface area contributed by atoms with Gasteiger partial charge in [0.15, 0.2) is 0 Å². The molecule has 2 unspecified atom stereocenters. The average molecular weight is 252 g/mol. The Morgan fingerprint density at radius 3 is 2.78 bits per heavy atom. The first kappa shape index (κ1) is 12.4. The van der Waals surface area contributed by atoms with Gasteiger partial charge in [0.25, 0.3) is 0 Å². The predicted octanol–water partition coefficient (Wildman–Crippen LogP) is 0.999. The zero-order valence-electron chi connectivity index (χ0n) is 11.0. The van der Waals surface area contributed by atoms with Crippen LogP contribution in [0.25, 0.3) is 0 Å². The van der Waals surface area contributed by atoms with Crippen molar-refractivity contribution in [2.24, 2.45) is 23.5 Å². The SMILES string of the molecule is NC1CC[C@@H]2CN(C(=O)C3CCCOC3)C[C@@H]2C1. The lowest BCUT2D eigenvalue weighted by atomic mass is 9.79. The van der Waals surface area contributed by atoms with Crippen molar-refractivity contribution in [3.8, 4) is 0 Å². The number of ether oxygens (including phenoxy) is 1. The number of hydrogen-bond donors (Lipinski definition) is 1. The second-order valence-corrected chi connectivity index (χ2v) is 6.25. The van der Waals surface area contributed by atoms with Crippen LogP contribution in [-0.2, 0) is 9.53 Å². The van der Waals surface area contributed by atoms with Crippen molar-refractivity contribution in [1.82, 2.24) is 4.90 Å². The zero-order chi connectivity index (χ0) is 12.5. The summed E-state index contributed by atoms with van der Waals surface area (Å²) in [7, 11) is 0. The lowest BCUT2D eigenvalue weighted by Gasteiger charge is -2.27. The summed E-state index contributed by atoms with van der Waals surface area (Å²) >= 11 is 0. The molecule has 4 nitrogen and oxygen atoms in total. The third kappa shape index (κ3) is 2.41. The summed E-state index contributed by atoms with van der Waals surface area (Å²) in [6, 6.07) is 0.360. The molecule has 18 heavy (non-hydrogen) atoms. The molecule has 1 amide bonds. The molecule has 0 radical (unpaired) electrons. The van der Waals surface area contributed by atoms with E-state index < -0.39 is 0 Å². The Morgan fingerprint density at radius 2 is 2.00 bits per heavy atom. The van der Waals surface area contributed by atoms with Crippen molar-refractivity contribution in [2.45, 2.75) is 38.1 Å². The highest BCUT2D eigenvalue weighted by molar-refractivity contribution is 5.79. The molecule has 4 heteroatoms. The standard InChI is InChI=1S/C14H24N2O2/c15-13-4-3-10-7-16(8-12(10)6-13)14(17)11-2-1-5-18-9-11/h10-13H,1-9,15H2/t10-,11?,12+,13?/m1/s1. The molecule has 0 aromatic heterocycles. The Bertz CT molecular complexity index is 315. The molecule has 1 saturated carbocycles. The van der Waals surface area contributed by atoms with E-state index in [1.807, 2.05) is 0 Å². The first-order valence-corrected chi connectivity index (χ1v) is 7.36. The summed E-state index contributed by atoms with van der Waals surface area (Å²) in [6.45, 7) is 3.36. The minimum absolute atomic E-state index is 0.118. The molecule has 3 fully saturated rings. The number of amides is 1. The van der Waals surface area contributed by atoms with Gasteiger partial charge in [-0.25, -0.2) is 0 Å². The van der Waals surface area contributed by atoms with E-state index in [0.717, 1.165) is 45.4 Å². The number of nitrogens with two attached hydrogens (primary N) is 1. The normalized spacial score (nSPS) is 40.6. The van der Waals surface area contributed by atoms with Gasteiger partial charge in [-0.05, 0) is 43.9 Å². The monoisotopic (exact) mass is 252 g/mol. The smallest absolute Gasteiger partial charge is 0.228 e. The largest absolute Gasteiger partial charge is 0.381 e. The molecule has 1 aliphatic carbocycles. The van der Waals surface area contributed by atoms with Crippen molar-refractivity contribution < 1.29 is 9.53 Å². The summed E-state index contributed by atoms with van der Waals surface area (Å²) in [5.41, 5.74) is 6.03. The fourth-order valence-corrected chi connectivity index (χ4v) is 3.84. The molecule has 3 rings (SSSR count). The molecule has 2 saturated heterocycles. The summed E-state index contributed by atoms with van der Waals surface area (Å²) in [4.78, 5) is 14.5. The van der Waals surface area contributed by atoms with Crippen LogP contribution in [0.2, 0.25) is 0 Å². The lowest BCUT2D eigenvalue weighted by molar-refractivity contribution is -0.138. The van der Waals surface area contributed by atoms with Crippen molar-refractivity contribution >= 4 is 5.91 Å². The fourth-order valence-electron chi connectivity index (χ4n) is 3.84. The van der Waals surface area contributed by atoms with Gasteiger partial charge in [-0.1, -0.05) is 0 Å². The van der Waals surface area contributed by atoms with Crippen LogP contribution in [0.3, 0.4) is 0 Å². The highest BCUT2D eigenvalue weighted by atomic mass is 16.5. The Labute approximate surface area is 109 Å². The van der Waals surface area contributed by atoms with Crippen LogP contribution in [0, 0.1) is 17.8 Å². The van der Waals surface area contributed by atoms with Crippen LogP contribution in [0.15, 0.2) is 0 Å². The third-order valence-corrected chi connectivity index (χ3v) is 4.91. The number of nitrogens with zero attached hydrogens (tertiary/aromatic N) is 1. The van der Waals surface area contributed by atoms with E-state index in [0.29, 0.717) is 30.4 Å². The Kier molecular flexibility index (Phi) is 3.57. The van der Waals surface area contributed by atoms with Gasteiger partial charge in [-0.3, -0.25) is 4.79 Å². The summed E-state index contributed by atoms with van der Waals surface area (Å²) < 4.78 is 5.43. The molecule has 3 aliphatic rings. The molecule has 102 valence electrons. The van der Waals surface area contributed by atoms with Gasteiger partial charge in [0.05, 0.1) is 12.5 Å². The maximum absolute atomic E-state index is 12.4. The summed E-state index contributed by atoms with van der Waals surface area (Å²) in [6.07, 6.45) is 5.48. The van der Waals surface area contributed by atoms with Gasteiger partial charge in [0.2, 0.25) is 5.91 Å². The van der Waals surface area contributed by atoms with Gasteiger partial charge in [0.1, 0.15) is 0 Å². The van der Waals surface area contributed by atoms with Gasteiger partial charge < -0.3 is 15.4 Å². The topological polar surface area (TPSA) is 55.6 Å². The number of likely N-dealkylation sites (tertiary alicyclic amines) is 1. The van der Waals surface area contributed by atoms with E-state index >= 15 is 0 Å². The molecule has 0 bridgehead atoms. The van der Waals surface area contributed by atoms with Crippen LogP contribution >= 0.6 is 0 Å². The van der Waals surface area contributed by atoms with Crippen molar-refractivity contribution in [2.75, 3.05) is 26.3 Å². The molecular formula is C14H24N2O2. The van der Waals surface area contributed by atoms with E-state index in [4.69, 9.17) is 10.5 Å². The van der Waals surface area contributed by atoms with Gasteiger partial charge in [-0.15, -0.1) is 0 Å². The number of rotatable bonds is 1. The number of carbonyl (C=O) groups is 1. The number of carbonyl (C=O) groups excluding carboxylic acids is 1. The Hall–Kier alpha value is -0.610. The molecule has 0 aromatic carbocycles. The van der Waals surface area contributed by atoms with Crippen LogP contribution in [0.1, 0.15) is 32.1 Å². The van der Waals surface area contributed by atoms with Crippen LogP contribution in [-0.4, -0.2) is 43.2 Å². The minimum atomic E-state index is 0.118. The molecule has 2 aliphatic heterocycles. The number of hydrogen-bond acceptors (Lipinski definition) is 3. The van der Waals surface area contributed by atoms with Gasteiger partial charge in [-0.2, -0.15) is 0 Å². The molecule has 2 N–H and O–H groups in total. The van der Waals surface area contributed by atoms with E-state index in [-0.39, 0.29) is 5.92 Å². The third-order valence-electron chi connectivity index (χ3n) is 4.91. The zero-order valence-corrected chi connectivity index (χ0v) is 11.0. The van der Waals surface area contributed by atoms with E-state index in [1.165, 1.54) is 6.42 Å². The van der Waals surface area contributed by atoms with E-state index in [9.17, 15) is 4.79 Å². The Balaban J connectivity index is 1.59. The molecular weight excluding hydrogens is 228 g/mol. The number of fused-ring (bicyclic) bond motifs is 1. The minimum Gasteiger partial charge on any atom is -0.381 e. The van der Waals surface area contributed by atoms with Gasteiger partial charge >= 0.3 is 0 Å². The van der Waals surface area contributed by atoms with E-state index in [2.05, 4.69) is 4.90 Å². The first-order valence-electron chi connectivity index (χ1n) is 7.36. The second kappa shape index (κ2) is 5.17. The first-order chi connectivity index (χ1) is 8.74. The second-order valence-electron chi connectivity index (χ2n) is 6.25. The van der Waals surface area contributed by atoms with E-state index in [1.54, 1.807) is 0 Å². The fraction of sp³-hybridized carbons (Fsp3) is 0.929. The highest BCUT2D eigenvalue weighted by Crippen LogP contribution is 2.36. The van der Waals surface area contributed by atoms with Crippen LogP contribution < -0.4 is 5.73 Å². The molecule has 0 aromatic rings. The summed E-state index contributed by atoms with van der Waals surface area (Å²) in [5.74, 6) is 1.81. The highest BCUT2D eigenvalue weighted by Gasteiger charge is 2.40. The maximum Gasteiger partial charge on any atom is 0.228 e. The predicted molar refractivity (Wildman–Crippen MR) is 68.9 cm³/mol. The summed E-state index contributed by atoms with van der Waals surface area (Å²) in [5, 5.41) is 0. The molecule has 0 spiro atoms. The average Bonchev–Trinajstić information content (AvgIpc) is 2.81. The molecule has 2 heterocycles. The van der Waals surface area contributed by atoms with Crippen molar-refractivity contribution in [3.05, 3.63) is 0 Å². The van der Waals surface area contributed by atoms with Crippen molar-refractivity contribution in [1.29, 1.82) is 0 Å². The Morgan fingerprint density at radius 1 is 1.17 bits per heavy atom. The molecule has 4 atom stereocenters. The van der Waals surface area contributed by atoms with Crippen LogP contribution in [0.5, 0.6) is 0 Å². The van der Waals surface area contributed by atoms with Crippen LogP contribution in [0.4, 0.5) is 0 Å².